The second kappa shape index (κ2) is 6.70. The molecule has 112 valence electrons. The Bertz CT molecular complexity index is 633. The number of nitrogens with zero attached hydrogens (tertiary/aromatic N) is 2. The molecule has 0 unspecified atom stereocenters. The fourth-order valence-electron chi connectivity index (χ4n) is 2.59. The van der Waals surface area contributed by atoms with E-state index in [9.17, 15) is 0 Å². The lowest BCUT2D eigenvalue weighted by atomic mass is 9.95. The smallest absolute Gasteiger partial charge is 0.133 e. The molecule has 21 heavy (non-hydrogen) atoms. The fraction of sp³-hybridized carbons (Fsp3) is 0.444. The summed E-state index contributed by atoms with van der Waals surface area (Å²) in [6, 6.07) is 4.49. The van der Waals surface area contributed by atoms with E-state index in [-0.39, 0.29) is 0 Å². The average molecular weight is 283 g/mol. The first-order valence-electron chi connectivity index (χ1n) is 7.74. The zero-order chi connectivity index (χ0) is 15.4. The second-order valence-corrected chi connectivity index (χ2v) is 5.58. The predicted octanol–water partition coefficient (Wildman–Crippen LogP) is 4.45. The van der Waals surface area contributed by atoms with Crippen LogP contribution in [0.25, 0.3) is 11.3 Å². The van der Waals surface area contributed by atoms with Gasteiger partial charge >= 0.3 is 0 Å². The van der Waals surface area contributed by atoms with Gasteiger partial charge in [0, 0.05) is 17.7 Å². The summed E-state index contributed by atoms with van der Waals surface area (Å²) in [7, 11) is 0. The Morgan fingerprint density at radius 3 is 2.33 bits per heavy atom. The van der Waals surface area contributed by atoms with Gasteiger partial charge in [-0.05, 0) is 56.4 Å². The van der Waals surface area contributed by atoms with E-state index in [1.54, 1.807) is 6.33 Å². The van der Waals surface area contributed by atoms with Crippen LogP contribution in [0.3, 0.4) is 0 Å². The highest BCUT2D eigenvalue weighted by molar-refractivity contribution is 5.72. The van der Waals surface area contributed by atoms with Crippen LogP contribution < -0.4 is 5.32 Å². The lowest BCUT2D eigenvalue weighted by Crippen LogP contribution is -2.07. The molecule has 0 saturated carbocycles. The molecule has 1 aromatic heterocycles. The maximum Gasteiger partial charge on any atom is 0.133 e. The number of hydrogen-bond acceptors (Lipinski definition) is 3. The van der Waals surface area contributed by atoms with Gasteiger partial charge in [-0.3, -0.25) is 0 Å². The standard InChI is InChI=1S/C18H25N3/c1-6-8-19-18-15(7-2)17(20-11-21-18)16-10-13(4)12(3)9-14(16)5/h9-11H,6-8H2,1-5H3,(H,19,20,21). The highest BCUT2D eigenvalue weighted by atomic mass is 15.0. The summed E-state index contributed by atoms with van der Waals surface area (Å²) >= 11 is 0. The summed E-state index contributed by atoms with van der Waals surface area (Å²) in [6.45, 7) is 11.7. The first kappa shape index (κ1) is 15.5. The predicted molar refractivity (Wildman–Crippen MR) is 89.8 cm³/mol. The van der Waals surface area contributed by atoms with Gasteiger partial charge in [-0.1, -0.05) is 19.9 Å². The summed E-state index contributed by atoms with van der Waals surface area (Å²) < 4.78 is 0. The number of rotatable bonds is 5. The molecule has 1 heterocycles. The number of benzene rings is 1. The summed E-state index contributed by atoms with van der Waals surface area (Å²) in [5.41, 5.74) is 7.39. The number of hydrogen-bond donors (Lipinski definition) is 1. The van der Waals surface area contributed by atoms with Gasteiger partial charge in [-0.2, -0.15) is 0 Å². The largest absolute Gasteiger partial charge is 0.370 e. The maximum absolute atomic E-state index is 4.57. The van der Waals surface area contributed by atoms with Gasteiger partial charge in [0.05, 0.1) is 5.69 Å². The third kappa shape index (κ3) is 3.23. The van der Waals surface area contributed by atoms with Gasteiger partial charge in [-0.25, -0.2) is 9.97 Å². The van der Waals surface area contributed by atoms with Crippen molar-refractivity contribution in [3.8, 4) is 11.3 Å². The Morgan fingerprint density at radius 1 is 0.952 bits per heavy atom. The zero-order valence-electron chi connectivity index (χ0n) is 13.7. The molecule has 2 rings (SSSR count). The van der Waals surface area contributed by atoms with Gasteiger partial charge < -0.3 is 5.32 Å². The van der Waals surface area contributed by atoms with Crippen LogP contribution in [0.4, 0.5) is 5.82 Å². The molecular formula is C18H25N3. The van der Waals surface area contributed by atoms with Crippen LogP contribution >= 0.6 is 0 Å². The van der Waals surface area contributed by atoms with Crippen molar-refractivity contribution in [3.63, 3.8) is 0 Å². The fourth-order valence-corrected chi connectivity index (χ4v) is 2.59. The van der Waals surface area contributed by atoms with Crippen molar-refractivity contribution < 1.29 is 0 Å². The molecule has 0 amide bonds. The van der Waals surface area contributed by atoms with Crippen molar-refractivity contribution in [1.29, 1.82) is 0 Å². The molecule has 1 aromatic carbocycles. The Kier molecular flexibility index (Phi) is 4.94. The molecule has 0 bridgehead atoms. The van der Waals surface area contributed by atoms with Crippen molar-refractivity contribution in [2.75, 3.05) is 11.9 Å². The van der Waals surface area contributed by atoms with Crippen LogP contribution in [0.5, 0.6) is 0 Å². The molecule has 0 aliphatic heterocycles. The van der Waals surface area contributed by atoms with E-state index in [0.29, 0.717) is 0 Å². The third-order valence-electron chi connectivity index (χ3n) is 3.94. The van der Waals surface area contributed by atoms with Crippen LogP contribution in [-0.2, 0) is 6.42 Å². The molecule has 1 N–H and O–H groups in total. The van der Waals surface area contributed by atoms with Gasteiger partial charge in [0.25, 0.3) is 0 Å². The molecule has 3 nitrogen and oxygen atoms in total. The lowest BCUT2D eigenvalue weighted by molar-refractivity contribution is 0.949. The summed E-state index contributed by atoms with van der Waals surface area (Å²) in [4.78, 5) is 8.99. The van der Waals surface area contributed by atoms with Crippen LogP contribution in [0.1, 0.15) is 42.5 Å². The van der Waals surface area contributed by atoms with E-state index in [1.807, 2.05) is 0 Å². The molecule has 0 spiro atoms. The third-order valence-corrected chi connectivity index (χ3v) is 3.94. The molecule has 0 saturated heterocycles. The van der Waals surface area contributed by atoms with Crippen molar-refractivity contribution >= 4 is 5.82 Å². The first-order valence-corrected chi connectivity index (χ1v) is 7.74. The van der Waals surface area contributed by atoms with Crippen molar-refractivity contribution in [2.24, 2.45) is 0 Å². The van der Waals surface area contributed by atoms with Crippen LogP contribution in [0, 0.1) is 20.8 Å². The second-order valence-electron chi connectivity index (χ2n) is 5.58. The Hall–Kier alpha value is -1.90. The number of anilines is 1. The molecule has 2 aromatic rings. The van der Waals surface area contributed by atoms with Crippen LogP contribution in [0.2, 0.25) is 0 Å². The monoisotopic (exact) mass is 283 g/mol. The molecular weight excluding hydrogens is 258 g/mol. The van der Waals surface area contributed by atoms with Crippen LogP contribution in [0.15, 0.2) is 18.5 Å². The number of aryl methyl sites for hydroxylation is 3. The minimum absolute atomic E-state index is 0.925. The summed E-state index contributed by atoms with van der Waals surface area (Å²) in [5, 5.41) is 3.42. The van der Waals surface area contributed by atoms with Crippen molar-refractivity contribution in [2.45, 2.75) is 47.5 Å². The zero-order valence-corrected chi connectivity index (χ0v) is 13.7. The highest BCUT2D eigenvalue weighted by Gasteiger charge is 2.14. The van der Waals surface area contributed by atoms with Gasteiger partial charge in [-0.15, -0.1) is 0 Å². The number of nitrogens with one attached hydrogen (secondary N) is 1. The molecule has 3 heteroatoms. The molecule has 0 aliphatic rings. The first-order chi connectivity index (χ1) is 10.1. The summed E-state index contributed by atoms with van der Waals surface area (Å²) in [6.07, 6.45) is 3.68. The van der Waals surface area contributed by atoms with E-state index in [1.165, 1.54) is 27.8 Å². The van der Waals surface area contributed by atoms with Crippen molar-refractivity contribution in [1.82, 2.24) is 9.97 Å². The van der Waals surface area contributed by atoms with E-state index < -0.39 is 0 Å². The van der Waals surface area contributed by atoms with Gasteiger partial charge in [0.2, 0.25) is 0 Å². The Labute approximate surface area is 127 Å². The average Bonchev–Trinajstić information content (AvgIpc) is 2.48. The quantitative estimate of drug-likeness (QED) is 0.880. The SMILES string of the molecule is CCCNc1ncnc(-c2cc(C)c(C)cc2C)c1CC. The van der Waals surface area contributed by atoms with Gasteiger partial charge in [0.1, 0.15) is 12.1 Å². The Balaban J connectivity index is 2.56. The minimum atomic E-state index is 0.925. The highest BCUT2D eigenvalue weighted by Crippen LogP contribution is 2.30. The van der Waals surface area contributed by atoms with Crippen LogP contribution in [-0.4, -0.2) is 16.5 Å². The molecule has 0 atom stereocenters. The van der Waals surface area contributed by atoms with Crippen molar-refractivity contribution in [3.05, 3.63) is 40.7 Å². The molecule has 0 fully saturated rings. The lowest BCUT2D eigenvalue weighted by Gasteiger charge is -2.15. The van der Waals surface area contributed by atoms with E-state index in [4.69, 9.17) is 0 Å². The summed E-state index contributed by atoms with van der Waals surface area (Å²) in [5.74, 6) is 0.974. The van der Waals surface area contributed by atoms with Gasteiger partial charge in [0.15, 0.2) is 0 Å². The molecule has 0 radical (unpaired) electrons. The topological polar surface area (TPSA) is 37.8 Å². The van der Waals surface area contributed by atoms with E-state index >= 15 is 0 Å². The maximum atomic E-state index is 4.57. The van der Waals surface area contributed by atoms with E-state index in [0.717, 1.165) is 30.9 Å². The Morgan fingerprint density at radius 2 is 1.67 bits per heavy atom. The van der Waals surface area contributed by atoms with E-state index in [2.05, 4.69) is 62.0 Å². The minimum Gasteiger partial charge on any atom is -0.370 e. The normalized spacial score (nSPS) is 10.7. The molecule has 0 aliphatic carbocycles. The number of aromatic nitrogens is 2.